The van der Waals surface area contributed by atoms with Gasteiger partial charge in [-0.25, -0.2) is 4.98 Å². The second kappa shape index (κ2) is 8.73. The van der Waals surface area contributed by atoms with Crippen LogP contribution < -0.4 is 19.9 Å². The van der Waals surface area contributed by atoms with Crippen LogP contribution in [0.25, 0.3) is 0 Å². The Balaban J connectivity index is 1.45. The van der Waals surface area contributed by atoms with Gasteiger partial charge in [-0.1, -0.05) is 0 Å². The number of rotatable bonds is 5. The summed E-state index contributed by atoms with van der Waals surface area (Å²) in [5, 5.41) is 3.01. The molecule has 0 spiro atoms. The molecule has 3 heterocycles. The predicted octanol–water partition coefficient (Wildman–Crippen LogP) is 2.64. The lowest BCUT2D eigenvalue weighted by molar-refractivity contribution is -0.122. The average Bonchev–Trinajstić information content (AvgIpc) is 3.16. The Morgan fingerprint density at radius 3 is 2.69 bits per heavy atom. The summed E-state index contributed by atoms with van der Waals surface area (Å²) < 4.78 is 5.17. The molecule has 152 valence electrons. The van der Waals surface area contributed by atoms with Crippen molar-refractivity contribution >= 4 is 40.8 Å². The molecule has 8 heteroatoms. The molecule has 4 rings (SSSR count). The molecule has 2 aliphatic heterocycles. The number of methoxy groups -OCH3 is 1. The molecule has 1 atom stereocenters. The zero-order valence-corrected chi connectivity index (χ0v) is 17.2. The van der Waals surface area contributed by atoms with E-state index in [2.05, 4.69) is 15.2 Å². The van der Waals surface area contributed by atoms with Gasteiger partial charge in [-0.3, -0.25) is 9.59 Å². The van der Waals surface area contributed by atoms with Crippen molar-refractivity contribution in [3.63, 3.8) is 0 Å². The number of hydrogen-bond acceptors (Lipinski definition) is 6. The van der Waals surface area contributed by atoms with Gasteiger partial charge in [0.1, 0.15) is 5.75 Å². The summed E-state index contributed by atoms with van der Waals surface area (Å²) in [7, 11) is 1.60. The van der Waals surface area contributed by atoms with E-state index in [9.17, 15) is 9.59 Å². The highest BCUT2D eigenvalue weighted by molar-refractivity contribution is 7.99. The van der Waals surface area contributed by atoms with Gasteiger partial charge in [-0.2, -0.15) is 11.8 Å². The fraction of sp³-hybridized carbons (Fsp3) is 0.381. The van der Waals surface area contributed by atoms with Gasteiger partial charge in [0.05, 0.1) is 18.7 Å². The smallest absolute Gasteiger partial charge is 0.229 e. The number of nitrogens with one attached hydrogen (secondary N) is 1. The van der Waals surface area contributed by atoms with E-state index in [1.165, 1.54) is 0 Å². The first kappa shape index (κ1) is 19.6. The normalized spacial score (nSPS) is 19.3. The van der Waals surface area contributed by atoms with E-state index >= 15 is 0 Å². The van der Waals surface area contributed by atoms with Gasteiger partial charge in [0.25, 0.3) is 0 Å². The number of anilines is 3. The van der Waals surface area contributed by atoms with Crippen LogP contribution in [0, 0.1) is 5.92 Å². The highest BCUT2D eigenvalue weighted by Crippen LogP contribution is 2.29. The lowest BCUT2D eigenvalue weighted by atomic mass is 10.1. The quantitative estimate of drug-likeness (QED) is 0.814. The zero-order valence-electron chi connectivity index (χ0n) is 16.3. The van der Waals surface area contributed by atoms with Crippen LogP contribution >= 0.6 is 11.8 Å². The number of nitrogens with zero attached hydrogens (tertiary/aromatic N) is 3. The summed E-state index contributed by atoms with van der Waals surface area (Å²) in [5.41, 5.74) is 1.48. The van der Waals surface area contributed by atoms with Gasteiger partial charge in [-0.15, -0.1) is 0 Å². The Morgan fingerprint density at radius 1 is 1.21 bits per heavy atom. The highest BCUT2D eigenvalue weighted by atomic mass is 32.2. The minimum atomic E-state index is -0.394. The highest BCUT2D eigenvalue weighted by Gasteiger charge is 2.35. The molecule has 1 aromatic carbocycles. The van der Waals surface area contributed by atoms with E-state index in [0.29, 0.717) is 12.2 Å². The summed E-state index contributed by atoms with van der Waals surface area (Å²) in [5.74, 6) is 3.06. The lowest BCUT2D eigenvalue weighted by Gasteiger charge is -2.29. The Labute approximate surface area is 174 Å². The number of thioether (sulfide) groups is 1. The summed E-state index contributed by atoms with van der Waals surface area (Å²) in [6, 6.07) is 11.0. The van der Waals surface area contributed by atoms with Crippen LogP contribution in [-0.4, -0.2) is 55.0 Å². The molecule has 1 aromatic heterocycles. The van der Waals surface area contributed by atoms with E-state index in [1.54, 1.807) is 18.2 Å². The van der Waals surface area contributed by atoms with Crippen LogP contribution in [0.5, 0.6) is 5.75 Å². The van der Waals surface area contributed by atoms with Gasteiger partial charge >= 0.3 is 0 Å². The SMILES string of the molecule is COc1ccc(N2CC(C(=O)Nc3cccnc3N3CCSCC3)CC2=O)cc1. The molecule has 1 N–H and O–H groups in total. The van der Waals surface area contributed by atoms with Crippen molar-refractivity contribution in [1.29, 1.82) is 0 Å². The zero-order chi connectivity index (χ0) is 20.2. The predicted molar refractivity (Wildman–Crippen MR) is 116 cm³/mol. The van der Waals surface area contributed by atoms with E-state index in [4.69, 9.17) is 4.74 Å². The van der Waals surface area contributed by atoms with Gasteiger partial charge in [-0.05, 0) is 36.4 Å². The molecule has 2 aromatic rings. The molecule has 0 radical (unpaired) electrons. The molecule has 7 nitrogen and oxygen atoms in total. The number of ether oxygens (including phenoxy) is 1. The van der Waals surface area contributed by atoms with Crippen molar-refractivity contribution in [2.75, 3.05) is 53.4 Å². The van der Waals surface area contributed by atoms with E-state index < -0.39 is 5.92 Å². The third-order valence-electron chi connectivity index (χ3n) is 5.24. The third-order valence-corrected chi connectivity index (χ3v) is 6.18. The molecule has 1 unspecified atom stereocenters. The monoisotopic (exact) mass is 412 g/mol. The van der Waals surface area contributed by atoms with Crippen LogP contribution in [-0.2, 0) is 9.59 Å². The number of hydrogen-bond donors (Lipinski definition) is 1. The maximum absolute atomic E-state index is 12.9. The van der Waals surface area contributed by atoms with E-state index in [-0.39, 0.29) is 18.2 Å². The molecular weight excluding hydrogens is 388 g/mol. The van der Waals surface area contributed by atoms with Gasteiger partial charge in [0.15, 0.2) is 5.82 Å². The fourth-order valence-electron chi connectivity index (χ4n) is 3.65. The van der Waals surface area contributed by atoms with E-state index in [0.717, 1.165) is 41.8 Å². The van der Waals surface area contributed by atoms with Crippen LogP contribution in [0.15, 0.2) is 42.6 Å². The molecule has 0 aliphatic carbocycles. The average molecular weight is 413 g/mol. The number of carbonyl (C=O) groups is 2. The Morgan fingerprint density at radius 2 is 1.97 bits per heavy atom. The van der Waals surface area contributed by atoms with Crippen molar-refractivity contribution in [2.24, 2.45) is 5.92 Å². The summed E-state index contributed by atoms with van der Waals surface area (Å²) in [6.07, 6.45) is 1.95. The molecule has 0 saturated carbocycles. The van der Waals surface area contributed by atoms with Crippen molar-refractivity contribution in [1.82, 2.24) is 4.98 Å². The van der Waals surface area contributed by atoms with Crippen LogP contribution in [0.2, 0.25) is 0 Å². The first-order valence-electron chi connectivity index (χ1n) is 9.68. The van der Waals surface area contributed by atoms with Gasteiger partial charge < -0.3 is 19.9 Å². The minimum Gasteiger partial charge on any atom is -0.497 e. The van der Waals surface area contributed by atoms with Crippen molar-refractivity contribution in [3.05, 3.63) is 42.6 Å². The van der Waals surface area contributed by atoms with Crippen LogP contribution in [0.3, 0.4) is 0 Å². The standard InChI is InChI=1S/C21H24N4O3S/c1-28-17-6-4-16(5-7-17)25-14-15(13-19(25)26)21(27)23-18-3-2-8-22-20(18)24-9-11-29-12-10-24/h2-8,15H,9-14H2,1H3,(H,23,27). The summed E-state index contributed by atoms with van der Waals surface area (Å²) in [4.78, 5) is 33.8. The maximum atomic E-state index is 12.9. The summed E-state index contributed by atoms with van der Waals surface area (Å²) in [6.45, 7) is 2.20. The Bertz CT molecular complexity index is 884. The number of amides is 2. The molecule has 2 saturated heterocycles. The van der Waals surface area contributed by atoms with Gasteiger partial charge in [0, 0.05) is 49.4 Å². The van der Waals surface area contributed by atoms with Crippen LogP contribution in [0.1, 0.15) is 6.42 Å². The molecule has 2 fully saturated rings. The second-order valence-electron chi connectivity index (χ2n) is 7.07. The van der Waals surface area contributed by atoms with Gasteiger partial charge in [0.2, 0.25) is 11.8 Å². The number of carbonyl (C=O) groups excluding carboxylic acids is 2. The Hall–Kier alpha value is -2.74. The largest absolute Gasteiger partial charge is 0.497 e. The van der Waals surface area contributed by atoms with Crippen molar-refractivity contribution < 1.29 is 14.3 Å². The molecule has 0 bridgehead atoms. The first-order valence-corrected chi connectivity index (χ1v) is 10.8. The molecule has 2 amide bonds. The Kier molecular flexibility index (Phi) is 5.89. The lowest BCUT2D eigenvalue weighted by Crippen LogP contribution is -2.34. The molecule has 29 heavy (non-hydrogen) atoms. The third kappa shape index (κ3) is 4.32. The second-order valence-corrected chi connectivity index (χ2v) is 8.29. The first-order chi connectivity index (χ1) is 14.2. The number of pyridine rings is 1. The molecular formula is C21H24N4O3S. The van der Waals surface area contributed by atoms with Crippen molar-refractivity contribution in [2.45, 2.75) is 6.42 Å². The van der Waals surface area contributed by atoms with Crippen LogP contribution in [0.4, 0.5) is 17.2 Å². The minimum absolute atomic E-state index is 0.0465. The topological polar surface area (TPSA) is 74.8 Å². The van der Waals surface area contributed by atoms with Crippen molar-refractivity contribution in [3.8, 4) is 5.75 Å². The fourth-order valence-corrected chi connectivity index (χ4v) is 4.55. The summed E-state index contributed by atoms with van der Waals surface area (Å²) >= 11 is 1.93. The number of aromatic nitrogens is 1. The maximum Gasteiger partial charge on any atom is 0.229 e. The number of benzene rings is 1. The van der Waals surface area contributed by atoms with E-state index in [1.807, 2.05) is 48.2 Å². The molecule has 2 aliphatic rings.